The molecule has 0 aromatic rings. The highest BCUT2D eigenvalue weighted by Crippen LogP contribution is 2.34. The third-order valence-electron chi connectivity index (χ3n) is 3.40. The molecule has 0 bridgehead atoms. The summed E-state index contributed by atoms with van der Waals surface area (Å²) in [6, 6.07) is 0. The maximum absolute atomic E-state index is 4.72. The molecule has 0 heterocycles. The highest BCUT2D eigenvalue weighted by atomic mass is 32.1. The van der Waals surface area contributed by atoms with Crippen LogP contribution in [0.1, 0.15) is 58.8 Å². The first-order chi connectivity index (χ1) is 6.24. The van der Waals surface area contributed by atoms with Crippen LogP contribution < -0.4 is 0 Å². The van der Waals surface area contributed by atoms with E-state index in [9.17, 15) is 0 Å². The van der Waals surface area contributed by atoms with Crippen LogP contribution in [0.4, 0.5) is 0 Å². The minimum Gasteiger partial charge on any atom is -0.176 e. The van der Waals surface area contributed by atoms with Crippen LogP contribution in [-0.4, -0.2) is 5.25 Å². The molecule has 1 saturated carbocycles. The summed E-state index contributed by atoms with van der Waals surface area (Å²) >= 11 is 4.72. The predicted octanol–water partition coefficient (Wildman–Crippen LogP) is 4.30. The zero-order chi connectivity index (χ0) is 9.68. The van der Waals surface area contributed by atoms with E-state index in [-0.39, 0.29) is 0 Å². The van der Waals surface area contributed by atoms with E-state index < -0.39 is 0 Å². The number of unbranched alkanes of at least 4 members (excludes halogenated alkanes) is 2. The fourth-order valence-electron chi connectivity index (χ4n) is 2.41. The summed E-state index contributed by atoms with van der Waals surface area (Å²) in [6.07, 6.45) is 9.82. The second-order valence-corrected chi connectivity index (χ2v) is 5.40. The number of thiol groups is 1. The van der Waals surface area contributed by atoms with E-state index >= 15 is 0 Å². The Morgan fingerprint density at radius 1 is 1.23 bits per heavy atom. The van der Waals surface area contributed by atoms with Gasteiger partial charge in [0.05, 0.1) is 0 Å². The van der Waals surface area contributed by atoms with Gasteiger partial charge in [-0.3, -0.25) is 0 Å². The molecule has 0 nitrogen and oxygen atoms in total. The first-order valence-corrected chi connectivity index (χ1v) is 6.43. The fourth-order valence-corrected chi connectivity index (χ4v) is 3.06. The molecule has 0 aromatic heterocycles. The lowest BCUT2D eigenvalue weighted by Gasteiger charge is -2.31. The summed E-state index contributed by atoms with van der Waals surface area (Å²) < 4.78 is 0. The van der Waals surface area contributed by atoms with Crippen LogP contribution in [0, 0.1) is 11.8 Å². The van der Waals surface area contributed by atoms with Crippen LogP contribution in [0.15, 0.2) is 0 Å². The molecular weight excluding hydrogens is 176 g/mol. The van der Waals surface area contributed by atoms with Crippen molar-refractivity contribution in [3.05, 3.63) is 0 Å². The van der Waals surface area contributed by atoms with Gasteiger partial charge in [0.2, 0.25) is 0 Å². The minimum absolute atomic E-state index is 0.695. The molecule has 0 aromatic carbocycles. The van der Waals surface area contributed by atoms with Crippen molar-refractivity contribution in [1.29, 1.82) is 0 Å². The van der Waals surface area contributed by atoms with Crippen molar-refractivity contribution in [2.75, 3.05) is 0 Å². The largest absolute Gasteiger partial charge is 0.176 e. The van der Waals surface area contributed by atoms with Crippen molar-refractivity contribution in [1.82, 2.24) is 0 Å². The zero-order valence-corrected chi connectivity index (χ0v) is 10.0. The third-order valence-corrected chi connectivity index (χ3v) is 4.03. The number of rotatable bonds is 4. The topological polar surface area (TPSA) is 0 Å². The first kappa shape index (κ1) is 11.4. The molecule has 1 heteroatoms. The Bertz CT molecular complexity index is 133. The molecule has 0 amide bonds. The van der Waals surface area contributed by atoms with Crippen molar-refractivity contribution in [3.8, 4) is 0 Å². The van der Waals surface area contributed by atoms with Crippen LogP contribution in [0.5, 0.6) is 0 Å². The molecule has 2 unspecified atom stereocenters. The Morgan fingerprint density at radius 3 is 2.62 bits per heavy atom. The summed E-state index contributed by atoms with van der Waals surface area (Å²) in [7, 11) is 0. The highest BCUT2D eigenvalue weighted by Gasteiger charge is 2.25. The van der Waals surface area contributed by atoms with Crippen molar-refractivity contribution in [2.45, 2.75) is 64.0 Å². The summed E-state index contributed by atoms with van der Waals surface area (Å²) in [5.41, 5.74) is 0. The predicted molar refractivity (Wildman–Crippen MR) is 63.4 cm³/mol. The molecule has 1 rings (SSSR count). The Labute approximate surface area is 88.9 Å². The molecule has 3 atom stereocenters. The minimum atomic E-state index is 0.695. The normalized spacial score (nSPS) is 34.8. The quantitative estimate of drug-likeness (QED) is 0.507. The van der Waals surface area contributed by atoms with E-state index in [0.717, 1.165) is 11.8 Å². The van der Waals surface area contributed by atoms with Gasteiger partial charge in [0.1, 0.15) is 0 Å². The Balaban J connectivity index is 2.18. The smallest absolute Gasteiger partial charge is 0.00476 e. The molecule has 1 aliphatic rings. The second-order valence-electron chi connectivity index (χ2n) is 4.74. The standard InChI is InChI=1S/C12H24S/c1-3-4-5-6-11-8-7-10(2)9-12(11)13/h10-13H,3-9H2,1-2H3/t10-,11?,12?/m0/s1. The van der Waals surface area contributed by atoms with Crippen LogP contribution >= 0.6 is 12.6 Å². The monoisotopic (exact) mass is 200 g/mol. The van der Waals surface area contributed by atoms with Gasteiger partial charge in [-0.25, -0.2) is 0 Å². The Morgan fingerprint density at radius 2 is 2.00 bits per heavy atom. The fraction of sp³-hybridized carbons (Fsp3) is 1.00. The van der Waals surface area contributed by atoms with Crippen molar-refractivity contribution in [3.63, 3.8) is 0 Å². The van der Waals surface area contributed by atoms with E-state index in [2.05, 4.69) is 13.8 Å². The zero-order valence-electron chi connectivity index (χ0n) is 9.13. The SMILES string of the molecule is CCCCCC1CC[C@H](C)CC1S. The van der Waals surface area contributed by atoms with E-state index in [1.165, 1.54) is 44.9 Å². The van der Waals surface area contributed by atoms with Gasteiger partial charge >= 0.3 is 0 Å². The average Bonchev–Trinajstić information content (AvgIpc) is 2.09. The van der Waals surface area contributed by atoms with Gasteiger partial charge in [-0.2, -0.15) is 12.6 Å². The van der Waals surface area contributed by atoms with Gasteiger partial charge in [0, 0.05) is 5.25 Å². The van der Waals surface area contributed by atoms with Crippen molar-refractivity contribution >= 4 is 12.6 Å². The lowest BCUT2D eigenvalue weighted by molar-refractivity contribution is 0.283. The van der Waals surface area contributed by atoms with E-state index in [0.29, 0.717) is 5.25 Å². The molecule has 0 radical (unpaired) electrons. The molecule has 13 heavy (non-hydrogen) atoms. The van der Waals surface area contributed by atoms with Gasteiger partial charge in [0.15, 0.2) is 0 Å². The third kappa shape index (κ3) is 3.93. The number of hydrogen-bond donors (Lipinski definition) is 1. The second kappa shape index (κ2) is 5.95. The molecule has 0 saturated heterocycles. The van der Waals surface area contributed by atoms with Crippen molar-refractivity contribution in [2.24, 2.45) is 11.8 Å². The van der Waals surface area contributed by atoms with Gasteiger partial charge in [-0.15, -0.1) is 0 Å². The summed E-state index contributed by atoms with van der Waals surface area (Å²) in [5.74, 6) is 1.84. The average molecular weight is 200 g/mol. The van der Waals surface area contributed by atoms with Crippen LogP contribution in [0.2, 0.25) is 0 Å². The lowest BCUT2D eigenvalue weighted by atomic mass is 9.80. The summed E-state index contributed by atoms with van der Waals surface area (Å²) in [5, 5.41) is 0.695. The van der Waals surface area contributed by atoms with E-state index in [1.54, 1.807) is 0 Å². The van der Waals surface area contributed by atoms with Crippen LogP contribution in [0.25, 0.3) is 0 Å². The number of hydrogen-bond acceptors (Lipinski definition) is 1. The molecule has 0 aliphatic heterocycles. The Hall–Kier alpha value is 0.350. The van der Waals surface area contributed by atoms with Crippen LogP contribution in [0.3, 0.4) is 0 Å². The lowest BCUT2D eigenvalue weighted by Crippen LogP contribution is -2.24. The first-order valence-electron chi connectivity index (χ1n) is 5.92. The van der Waals surface area contributed by atoms with E-state index in [1.807, 2.05) is 0 Å². The molecule has 0 spiro atoms. The van der Waals surface area contributed by atoms with Crippen LogP contribution in [-0.2, 0) is 0 Å². The maximum Gasteiger partial charge on any atom is 0.00476 e. The van der Waals surface area contributed by atoms with Gasteiger partial charge < -0.3 is 0 Å². The Kier molecular flexibility index (Phi) is 5.23. The molecule has 1 aliphatic carbocycles. The maximum atomic E-state index is 4.72. The van der Waals surface area contributed by atoms with Gasteiger partial charge in [0.25, 0.3) is 0 Å². The molecule has 0 N–H and O–H groups in total. The van der Waals surface area contributed by atoms with Gasteiger partial charge in [-0.05, 0) is 31.1 Å². The molecule has 1 fully saturated rings. The molecular formula is C12H24S. The highest BCUT2D eigenvalue weighted by molar-refractivity contribution is 7.81. The van der Waals surface area contributed by atoms with E-state index in [4.69, 9.17) is 12.6 Å². The van der Waals surface area contributed by atoms with Crippen molar-refractivity contribution < 1.29 is 0 Å². The molecule has 78 valence electrons. The van der Waals surface area contributed by atoms with Gasteiger partial charge in [-0.1, -0.05) is 39.5 Å². The summed E-state index contributed by atoms with van der Waals surface area (Å²) in [4.78, 5) is 0. The summed E-state index contributed by atoms with van der Waals surface area (Å²) in [6.45, 7) is 4.65.